The van der Waals surface area contributed by atoms with Crippen molar-refractivity contribution < 1.29 is 4.79 Å². The molecule has 0 aliphatic carbocycles. The van der Waals surface area contributed by atoms with Gasteiger partial charge in [-0.3, -0.25) is 10.1 Å². The van der Waals surface area contributed by atoms with Crippen LogP contribution >= 0.6 is 23.2 Å². The Bertz CT molecular complexity index is 916. The van der Waals surface area contributed by atoms with Crippen LogP contribution in [-0.2, 0) is 11.2 Å². The first-order valence-electron chi connectivity index (χ1n) is 8.83. The first-order valence-corrected chi connectivity index (χ1v) is 9.59. The van der Waals surface area contributed by atoms with E-state index >= 15 is 0 Å². The Kier molecular flexibility index (Phi) is 7.82. The Morgan fingerprint density at radius 2 is 1.93 bits per heavy atom. The molecule has 29 heavy (non-hydrogen) atoms. The number of aliphatic imine (C=N–C) groups is 1. The summed E-state index contributed by atoms with van der Waals surface area (Å²) in [6.07, 6.45) is 2.96. The zero-order chi connectivity index (χ0) is 21.4. The van der Waals surface area contributed by atoms with Gasteiger partial charge in [-0.1, -0.05) is 56.1 Å². The lowest BCUT2D eigenvalue weighted by atomic mass is 9.92. The first kappa shape index (κ1) is 22.5. The molecule has 7 nitrogen and oxygen atoms in total. The number of nitrogens with one attached hydrogen (secondary N) is 3. The summed E-state index contributed by atoms with van der Waals surface area (Å²) < 4.78 is 0. The molecule has 1 unspecified atom stereocenters. The number of anilines is 1. The smallest absolute Gasteiger partial charge is 0.226 e. The number of nitriles is 1. The van der Waals surface area contributed by atoms with Gasteiger partial charge in [0.1, 0.15) is 6.17 Å². The zero-order valence-electron chi connectivity index (χ0n) is 16.3. The fourth-order valence-corrected chi connectivity index (χ4v) is 2.61. The molecular weight excluding hydrogens is 411 g/mol. The molecule has 2 rings (SSSR count). The van der Waals surface area contributed by atoms with Crippen molar-refractivity contribution in [3.63, 3.8) is 0 Å². The number of hydrogen-bond acceptors (Lipinski definition) is 4. The predicted octanol–water partition coefficient (Wildman–Crippen LogP) is 3.96. The molecule has 1 aromatic carbocycles. The van der Waals surface area contributed by atoms with Gasteiger partial charge in [0.05, 0.1) is 12.1 Å². The van der Waals surface area contributed by atoms with E-state index in [9.17, 15) is 4.79 Å². The molecule has 2 aromatic rings. The lowest BCUT2D eigenvalue weighted by molar-refractivity contribution is -0.121. The Hall–Kier alpha value is -2.82. The highest BCUT2D eigenvalue weighted by atomic mass is 35.5. The van der Waals surface area contributed by atoms with E-state index in [4.69, 9.17) is 28.5 Å². The number of nitrogens with zero attached hydrogens (tertiary/aromatic N) is 3. The first-order chi connectivity index (χ1) is 13.7. The van der Waals surface area contributed by atoms with Gasteiger partial charge in [0.2, 0.25) is 11.9 Å². The second-order valence-corrected chi connectivity index (χ2v) is 8.12. The summed E-state index contributed by atoms with van der Waals surface area (Å²) in [7, 11) is 0. The number of guanidine groups is 1. The monoisotopic (exact) mass is 432 g/mol. The third kappa shape index (κ3) is 7.26. The molecule has 1 amide bonds. The van der Waals surface area contributed by atoms with Crippen molar-refractivity contribution >= 4 is 40.8 Å². The Balaban J connectivity index is 2.20. The Morgan fingerprint density at radius 1 is 1.24 bits per heavy atom. The van der Waals surface area contributed by atoms with E-state index in [2.05, 4.69) is 25.9 Å². The minimum absolute atomic E-state index is 0.147. The van der Waals surface area contributed by atoms with Crippen molar-refractivity contribution in [1.29, 1.82) is 5.26 Å². The third-order valence-electron chi connectivity index (χ3n) is 3.84. The predicted molar refractivity (Wildman–Crippen MR) is 116 cm³/mol. The molecule has 3 N–H and O–H groups in total. The number of hydrogen-bond donors (Lipinski definition) is 3. The third-order valence-corrected chi connectivity index (χ3v) is 4.39. The molecule has 9 heteroatoms. The van der Waals surface area contributed by atoms with Crippen molar-refractivity contribution in [2.45, 2.75) is 33.4 Å². The van der Waals surface area contributed by atoms with E-state index in [1.807, 2.05) is 27.0 Å². The molecule has 0 spiro atoms. The van der Waals surface area contributed by atoms with Gasteiger partial charge in [-0.05, 0) is 29.8 Å². The lowest BCUT2D eigenvalue weighted by Crippen LogP contribution is -2.45. The fraction of sp³-hybridized carbons (Fsp3) is 0.300. The summed E-state index contributed by atoms with van der Waals surface area (Å²) in [5.41, 5.74) is 0.897. The highest BCUT2D eigenvalue weighted by Gasteiger charge is 2.26. The molecule has 0 fully saturated rings. The van der Waals surface area contributed by atoms with Crippen LogP contribution in [0.15, 0.2) is 47.6 Å². The fourth-order valence-electron chi connectivity index (χ4n) is 2.32. The number of halogens is 2. The summed E-state index contributed by atoms with van der Waals surface area (Å²) in [5.74, 6) is -0.0548. The van der Waals surface area contributed by atoms with Gasteiger partial charge in [-0.2, -0.15) is 5.26 Å². The van der Waals surface area contributed by atoms with Crippen LogP contribution in [0, 0.1) is 16.9 Å². The molecule has 0 radical (unpaired) electrons. The van der Waals surface area contributed by atoms with E-state index in [-0.39, 0.29) is 23.4 Å². The summed E-state index contributed by atoms with van der Waals surface area (Å²) >= 11 is 11.9. The maximum absolute atomic E-state index is 12.6. The second-order valence-electron chi connectivity index (χ2n) is 7.32. The molecule has 0 aliphatic heterocycles. The normalized spacial score (nSPS) is 12.6. The number of rotatable bonds is 5. The van der Waals surface area contributed by atoms with Gasteiger partial charge < -0.3 is 10.6 Å². The van der Waals surface area contributed by atoms with Gasteiger partial charge in [-0.25, -0.2) is 9.98 Å². The topological polar surface area (TPSA) is 102 Å². The number of carbonyl (C=O) groups excluding carboxylic acids is 1. The molecular formula is C20H22Cl2N6O. The minimum Gasteiger partial charge on any atom is -0.333 e. The van der Waals surface area contributed by atoms with Crippen LogP contribution < -0.4 is 16.0 Å². The summed E-state index contributed by atoms with van der Waals surface area (Å²) in [5, 5.41) is 18.2. The van der Waals surface area contributed by atoms with E-state index in [1.165, 1.54) is 0 Å². The van der Waals surface area contributed by atoms with Gasteiger partial charge >= 0.3 is 0 Å². The molecule has 1 aromatic heterocycles. The number of carbonyl (C=O) groups is 1. The average Bonchev–Trinajstić information content (AvgIpc) is 2.64. The van der Waals surface area contributed by atoms with E-state index in [0.717, 1.165) is 5.56 Å². The summed E-state index contributed by atoms with van der Waals surface area (Å²) in [6, 6.07) is 10.5. The summed E-state index contributed by atoms with van der Waals surface area (Å²) in [6.45, 7) is 5.81. The van der Waals surface area contributed by atoms with Crippen LogP contribution in [0.25, 0.3) is 0 Å². The number of aromatic nitrogens is 1. The molecule has 0 saturated carbocycles. The van der Waals surface area contributed by atoms with E-state index in [1.54, 1.807) is 42.6 Å². The van der Waals surface area contributed by atoms with Crippen molar-refractivity contribution in [2.24, 2.45) is 10.4 Å². The maximum Gasteiger partial charge on any atom is 0.226 e. The SMILES string of the molecule is CC(C)(C)C(N=C(NC#N)Nc1cccnc1Cl)NC(=O)Cc1ccc(Cl)cc1. The molecule has 152 valence electrons. The van der Waals surface area contributed by atoms with Crippen LogP contribution in [0.2, 0.25) is 10.2 Å². The van der Waals surface area contributed by atoms with E-state index in [0.29, 0.717) is 10.7 Å². The van der Waals surface area contributed by atoms with Crippen molar-refractivity contribution in [2.75, 3.05) is 5.32 Å². The highest BCUT2D eigenvalue weighted by molar-refractivity contribution is 6.32. The number of benzene rings is 1. The summed E-state index contributed by atoms with van der Waals surface area (Å²) in [4.78, 5) is 21.0. The molecule has 1 atom stereocenters. The van der Waals surface area contributed by atoms with Gasteiger partial charge in [0, 0.05) is 16.6 Å². The lowest BCUT2D eigenvalue weighted by Gasteiger charge is -2.29. The number of pyridine rings is 1. The van der Waals surface area contributed by atoms with Gasteiger partial charge in [-0.15, -0.1) is 0 Å². The van der Waals surface area contributed by atoms with Gasteiger partial charge in [0.25, 0.3) is 0 Å². The highest BCUT2D eigenvalue weighted by Crippen LogP contribution is 2.22. The van der Waals surface area contributed by atoms with Crippen LogP contribution in [0.5, 0.6) is 0 Å². The second kappa shape index (κ2) is 10.1. The van der Waals surface area contributed by atoms with Crippen LogP contribution in [0.3, 0.4) is 0 Å². The molecule has 1 heterocycles. The molecule has 0 saturated heterocycles. The van der Waals surface area contributed by atoms with Crippen LogP contribution in [0.4, 0.5) is 5.69 Å². The van der Waals surface area contributed by atoms with Crippen molar-refractivity contribution in [3.8, 4) is 6.19 Å². The molecule has 0 aliphatic rings. The van der Waals surface area contributed by atoms with Crippen LogP contribution in [0.1, 0.15) is 26.3 Å². The van der Waals surface area contributed by atoms with Crippen molar-refractivity contribution in [3.05, 3.63) is 58.3 Å². The standard InChI is InChI=1S/C20H22Cl2N6O/c1-20(2,3)18(27-16(29)11-13-6-8-14(21)9-7-13)28-19(25-12-23)26-15-5-4-10-24-17(15)22/h4-10,18H,11H2,1-3H3,(H,27,29)(H2,25,26,28). The zero-order valence-corrected chi connectivity index (χ0v) is 17.8. The van der Waals surface area contributed by atoms with Gasteiger partial charge in [0.15, 0.2) is 11.3 Å². The Labute approximate surface area is 180 Å². The van der Waals surface area contributed by atoms with Crippen molar-refractivity contribution in [1.82, 2.24) is 15.6 Å². The molecule has 0 bridgehead atoms. The maximum atomic E-state index is 12.6. The average molecular weight is 433 g/mol. The number of amides is 1. The van der Waals surface area contributed by atoms with E-state index < -0.39 is 11.6 Å². The largest absolute Gasteiger partial charge is 0.333 e. The van der Waals surface area contributed by atoms with Crippen LogP contribution in [-0.4, -0.2) is 23.0 Å². The minimum atomic E-state index is -0.610. The Morgan fingerprint density at radius 3 is 2.52 bits per heavy atom. The quantitative estimate of drug-likeness (QED) is 0.218.